The molecule has 0 saturated heterocycles. The largest absolute Gasteiger partial charge is 0.395 e. The van der Waals surface area contributed by atoms with Crippen LogP contribution in [0.3, 0.4) is 0 Å². The number of hydrogen-bond acceptors (Lipinski definition) is 3. The SMILES string of the molecule is CCCCN(CCO)CC(=O)N1CCCc2ccccc21. The molecule has 0 aromatic heterocycles. The molecule has 4 heteroatoms. The first kappa shape index (κ1) is 16.0. The Morgan fingerprint density at radius 1 is 1.33 bits per heavy atom. The first-order chi connectivity index (χ1) is 10.3. The number of anilines is 1. The predicted molar refractivity (Wildman–Crippen MR) is 85.5 cm³/mol. The topological polar surface area (TPSA) is 43.8 Å². The lowest BCUT2D eigenvalue weighted by molar-refractivity contribution is -0.120. The van der Waals surface area contributed by atoms with Crippen LogP contribution in [0.4, 0.5) is 5.69 Å². The number of nitrogens with zero attached hydrogens (tertiary/aromatic N) is 2. The van der Waals surface area contributed by atoms with Crippen molar-refractivity contribution in [1.82, 2.24) is 4.90 Å². The molecule has 0 spiro atoms. The van der Waals surface area contributed by atoms with E-state index in [1.807, 2.05) is 23.1 Å². The number of aryl methyl sites for hydroxylation is 1. The molecule has 0 fully saturated rings. The van der Waals surface area contributed by atoms with E-state index in [4.69, 9.17) is 5.11 Å². The average Bonchev–Trinajstić information content (AvgIpc) is 2.52. The van der Waals surface area contributed by atoms with Crippen molar-refractivity contribution in [2.24, 2.45) is 0 Å². The van der Waals surface area contributed by atoms with Crippen LogP contribution in [-0.4, -0.2) is 48.7 Å². The van der Waals surface area contributed by atoms with Crippen LogP contribution >= 0.6 is 0 Å². The van der Waals surface area contributed by atoms with E-state index < -0.39 is 0 Å². The number of carbonyl (C=O) groups is 1. The third-order valence-corrected chi connectivity index (χ3v) is 4.01. The van der Waals surface area contributed by atoms with Gasteiger partial charge in [0.1, 0.15) is 0 Å². The highest BCUT2D eigenvalue weighted by Gasteiger charge is 2.23. The molecule has 116 valence electrons. The average molecular weight is 290 g/mol. The van der Waals surface area contributed by atoms with Crippen molar-refractivity contribution < 1.29 is 9.90 Å². The highest BCUT2D eigenvalue weighted by atomic mass is 16.3. The Kier molecular flexibility index (Phi) is 6.21. The summed E-state index contributed by atoms with van der Waals surface area (Å²) in [4.78, 5) is 16.6. The van der Waals surface area contributed by atoms with Crippen LogP contribution < -0.4 is 4.90 Å². The zero-order valence-corrected chi connectivity index (χ0v) is 12.9. The lowest BCUT2D eigenvalue weighted by Crippen LogP contribution is -2.43. The summed E-state index contributed by atoms with van der Waals surface area (Å²) in [5.74, 6) is 0.145. The molecular weight excluding hydrogens is 264 g/mol. The maximum Gasteiger partial charge on any atom is 0.241 e. The van der Waals surface area contributed by atoms with Gasteiger partial charge in [0, 0.05) is 18.8 Å². The van der Waals surface area contributed by atoms with Crippen LogP contribution in [0.5, 0.6) is 0 Å². The van der Waals surface area contributed by atoms with Crippen LogP contribution in [0.15, 0.2) is 24.3 Å². The van der Waals surface area contributed by atoms with Gasteiger partial charge in [-0.2, -0.15) is 0 Å². The highest BCUT2D eigenvalue weighted by molar-refractivity contribution is 5.95. The van der Waals surface area contributed by atoms with E-state index >= 15 is 0 Å². The summed E-state index contributed by atoms with van der Waals surface area (Å²) in [7, 11) is 0. The van der Waals surface area contributed by atoms with Gasteiger partial charge in [0.2, 0.25) is 5.91 Å². The number of carbonyl (C=O) groups excluding carboxylic acids is 1. The van der Waals surface area contributed by atoms with Crippen molar-refractivity contribution in [3.8, 4) is 0 Å². The van der Waals surface area contributed by atoms with E-state index in [1.165, 1.54) is 5.56 Å². The first-order valence-corrected chi connectivity index (χ1v) is 7.97. The van der Waals surface area contributed by atoms with Gasteiger partial charge in [-0.1, -0.05) is 31.5 Å². The minimum Gasteiger partial charge on any atom is -0.395 e. The molecule has 0 bridgehead atoms. The first-order valence-electron chi connectivity index (χ1n) is 7.97. The molecule has 21 heavy (non-hydrogen) atoms. The van der Waals surface area contributed by atoms with Gasteiger partial charge >= 0.3 is 0 Å². The summed E-state index contributed by atoms with van der Waals surface area (Å²) in [6, 6.07) is 8.17. The monoisotopic (exact) mass is 290 g/mol. The summed E-state index contributed by atoms with van der Waals surface area (Å²) >= 11 is 0. The maximum absolute atomic E-state index is 12.6. The number of aliphatic hydroxyl groups is 1. The van der Waals surface area contributed by atoms with E-state index in [9.17, 15) is 4.79 Å². The molecule has 1 N–H and O–H groups in total. The fraction of sp³-hybridized carbons (Fsp3) is 0.588. The molecule has 0 aliphatic carbocycles. The fourth-order valence-electron chi connectivity index (χ4n) is 2.86. The van der Waals surface area contributed by atoms with E-state index in [2.05, 4.69) is 17.9 Å². The van der Waals surface area contributed by atoms with Crippen LogP contribution in [0.2, 0.25) is 0 Å². The second kappa shape index (κ2) is 8.15. The number of unbranched alkanes of at least 4 members (excludes halogenated alkanes) is 1. The molecule has 0 atom stereocenters. The van der Waals surface area contributed by atoms with Crippen LogP contribution in [0, 0.1) is 0 Å². The quantitative estimate of drug-likeness (QED) is 0.836. The smallest absolute Gasteiger partial charge is 0.241 e. The molecule has 1 aromatic rings. The van der Waals surface area contributed by atoms with Crippen LogP contribution in [0.1, 0.15) is 31.7 Å². The summed E-state index contributed by atoms with van der Waals surface area (Å²) in [5.41, 5.74) is 2.33. The van der Waals surface area contributed by atoms with Gasteiger partial charge in [-0.25, -0.2) is 0 Å². The van der Waals surface area contributed by atoms with Crippen LogP contribution in [-0.2, 0) is 11.2 Å². The van der Waals surface area contributed by atoms with Crippen molar-refractivity contribution in [3.05, 3.63) is 29.8 Å². The molecule has 0 unspecified atom stereocenters. The van der Waals surface area contributed by atoms with Crippen LogP contribution in [0.25, 0.3) is 0 Å². The minimum absolute atomic E-state index is 0.105. The molecule has 1 aliphatic heterocycles. The lowest BCUT2D eigenvalue weighted by atomic mass is 10.0. The predicted octanol–water partition coefficient (Wildman–Crippen LogP) is 2.06. The third kappa shape index (κ3) is 4.29. The normalized spacial score (nSPS) is 14.3. The molecule has 1 amide bonds. The highest BCUT2D eigenvalue weighted by Crippen LogP contribution is 2.26. The molecule has 4 nitrogen and oxygen atoms in total. The van der Waals surface area contributed by atoms with Gasteiger partial charge < -0.3 is 10.0 Å². The molecule has 2 rings (SSSR count). The number of para-hydroxylation sites is 1. The Hall–Kier alpha value is -1.39. The van der Waals surface area contributed by atoms with E-state index in [0.29, 0.717) is 13.1 Å². The lowest BCUT2D eigenvalue weighted by Gasteiger charge is -2.31. The Morgan fingerprint density at radius 3 is 2.90 bits per heavy atom. The summed E-state index contributed by atoms with van der Waals surface area (Å²) in [6.07, 6.45) is 4.24. The number of benzene rings is 1. The molecule has 1 heterocycles. The van der Waals surface area contributed by atoms with Crippen molar-refractivity contribution in [2.45, 2.75) is 32.6 Å². The number of aliphatic hydroxyl groups excluding tert-OH is 1. The van der Waals surface area contributed by atoms with Crippen molar-refractivity contribution in [1.29, 1.82) is 0 Å². The molecule has 1 aromatic carbocycles. The number of amides is 1. The van der Waals surface area contributed by atoms with Gasteiger partial charge in [0.25, 0.3) is 0 Å². The Labute approximate surface area is 127 Å². The number of rotatable bonds is 7. The van der Waals surface area contributed by atoms with Gasteiger partial charge in [0.15, 0.2) is 0 Å². The zero-order valence-electron chi connectivity index (χ0n) is 12.9. The van der Waals surface area contributed by atoms with E-state index in [-0.39, 0.29) is 12.5 Å². The second-order valence-electron chi connectivity index (χ2n) is 5.63. The Morgan fingerprint density at radius 2 is 2.14 bits per heavy atom. The van der Waals surface area contributed by atoms with E-state index in [0.717, 1.165) is 44.5 Å². The number of hydrogen-bond donors (Lipinski definition) is 1. The maximum atomic E-state index is 12.6. The molecule has 0 saturated carbocycles. The summed E-state index contributed by atoms with van der Waals surface area (Å²) in [6.45, 7) is 4.89. The van der Waals surface area contributed by atoms with Gasteiger partial charge in [0.05, 0.1) is 13.2 Å². The van der Waals surface area contributed by atoms with E-state index in [1.54, 1.807) is 0 Å². The van der Waals surface area contributed by atoms with Crippen molar-refractivity contribution in [2.75, 3.05) is 37.7 Å². The molecule has 0 radical (unpaired) electrons. The number of fused-ring (bicyclic) bond motifs is 1. The Bertz CT molecular complexity index is 462. The van der Waals surface area contributed by atoms with Gasteiger partial charge in [-0.3, -0.25) is 9.69 Å². The fourth-order valence-corrected chi connectivity index (χ4v) is 2.86. The molecular formula is C17H26N2O2. The Balaban J connectivity index is 2.02. The van der Waals surface area contributed by atoms with Crippen molar-refractivity contribution in [3.63, 3.8) is 0 Å². The summed E-state index contributed by atoms with van der Waals surface area (Å²) < 4.78 is 0. The standard InChI is InChI=1S/C17H26N2O2/c1-2-3-10-18(12-13-20)14-17(21)19-11-6-8-15-7-4-5-9-16(15)19/h4-5,7,9,20H,2-3,6,8,10-14H2,1H3. The second-order valence-corrected chi connectivity index (χ2v) is 5.63. The molecule has 1 aliphatic rings. The van der Waals surface area contributed by atoms with Gasteiger partial charge in [-0.05, 0) is 37.4 Å². The summed E-state index contributed by atoms with van der Waals surface area (Å²) in [5, 5.41) is 9.15. The third-order valence-electron chi connectivity index (χ3n) is 4.01. The van der Waals surface area contributed by atoms with Gasteiger partial charge in [-0.15, -0.1) is 0 Å². The zero-order chi connectivity index (χ0) is 15.1. The van der Waals surface area contributed by atoms with Crippen molar-refractivity contribution >= 4 is 11.6 Å². The minimum atomic E-state index is 0.105.